The Balaban J connectivity index is 0.00000180. The topological polar surface area (TPSA) is 65.4 Å². The van der Waals surface area contributed by atoms with Crippen molar-refractivity contribution in [2.24, 2.45) is 0 Å². The van der Waals surface area contributed by atoms with Crippen molar-refractivity contribution in [1.29, 1.82) is 0 Å². The zero-order chi connectivity index (χ0) is 12.8. The number of nitrogens with one attached hydrogen (secondary N) is 1. The first-order chi connectivity index (χ1) is 8.75. The first-order valence-electron chi connectivity index (χ1n) is 5.82. The van der Waals surface area contributed by atoms with E-state index in [1.807, 2.05) is 12.1 Å². The van der Waals surface area contributed by atoms with Gasteiger partial charge in [-0.05, 0) is 29.3 Å². The van der Waals surface area contributed by atoms with E-state index < -0.39 is 6.10 Å². The van der Waals surface area contributed by atoms with Crippen LogP contribution in [0, 0.1) is 0 Å². The van der Waals surface area contributed by atoms with E-state index in [0.717, 1.165) is 5.56 Å². The third-order valence-electron chi connectivity index (χ3n) is 2.64. The lowest BCUT2D eigenvalue weighted by atomic mass is 10.1. The van der Waals surface area contributed by atoms with Gasteiger partial charge in [0.15, 0.2) is 0 Å². The van der Waals surface area contributed by atoms with Gasteiger partial charge in [0.2, 0.25) is 0 Å². The van der Waals surface area contributed by atoms with Gasteiger partial charge in [0.1, 0.15) is 5.75 Å². The Morgan fingerprint density at radius 2 is 2.05 bits per heavy atom. The summed E-state index contributed by atoms with van der Waals surface area (Å²) in [6.45, 7) is 1.09. The SMILES string of the molecule is Cl.Oc1cccc(C(O)CNCc2cccnc2)c1. The summed E-state index contributed by atoms with van der Waals surface area (Å²) in [4.78, 5) is 4.02. The molecule has 19 heavy (non-hydrogen) atoms. The van der Waals surface area contributed by atoms with Gasteiger partial charge >= 0.3 is 0 Å². The van der Waals surface area contributed by atoms with Crippen molar-refractivity contribution in [3.8, 4) is 5.75 Å². The molecule has 0 bridgehead atoms. The van der Waals surface area contributed by atoms with E-state index in [9.17, 15) is 10.2 Å². The average Bonchev–Trinajstić information content (AvgIpc) is 2.40. The van der Waals surface area contributed by atoms with Crippen LogP contribution >= 0.6 is 12.4 Å². The molecule has 1 heterocycles. The number of nitrogens with zero attached hydrogens (tertiary/aromatic N) is 1. The van der Waals surface area contributed by atoms with E-state index in [4.69, 9.17) is 0 Å². The molecule has 0 aliphatic rings. The first-order valence-corrected chi connectivity index (χ1v) is 5.82. The summed E-state index contributed by atoms with van der Waals surface area (Å²) in [6, 6.07) is 10.5. The van der Waals surface area contributed by atoms with Gasteiger partial charge in [-0.25, -0.2) is 0 Å². The maximum Gasteiger partial charge on any atom is 0.115 e. The van der Waals surface area contributed by atoms with E-state index in [-0.39, 0.29) is 18.2 Å². The fourth-order valence-electron chi connectivity index (χ4n) is 1.71. The van der Waals surface area contributed by atoms with Crippen molar-refractivity contribution < 1.29 is 10.2 Å². The molecular formula is C14H17ClN2O2. The highest BCUT2D eigenvalue weighted by atomic mass is 35.5. The van der Waals surface area contributed by atoms with Crippen molar-refractivity contribution >= 4 is 12.4 Å². The molecule has 0 aliphatic carbocycles. The molecule has 0 fully saturated rings. The minimum Gasteiger partial charge on any atom is -0.508 e. The Hall–Kier alpha value is -1.62. The molecule has 4 nitrogen and oxygen atoms in total. The number of aromatic nitrogens is 1. The zero-order valence-corrected chi connectivity index (χ0v) is 11.2. The molecule has 0 saturated heterocycles. The predicted molar refractivity (Wildman–Crippen MR) is 76.3 cm³/mol. The largest absolute Gasteiger partial charge is 0.508 e. The summed E-state index contributed by atoms with van der Waals surface area (Å²) in [5.74, 6) is 0.166. The molecule has 2 aromatic rings. The molecule has 0 spiro atoms. The highest BCUT2D eigenvalue weighted by molar-refractivity contribution is 5.85. The van der Waals surface area contributed by atoms with Crippen LogP contribution in [0.1, 0.15) is 17.2 Å². The Kier molecular flexibility index (Phi) is 6.29. The highest BCUT2D eigenvalue weighted by Gasteiger charge is 2.07. The van der Waals surface area contributed by atoms with Crippen LogP contribution in [0.3, 0.4) is 0 Å². The first kappa shape index (κ1) is 15.4. The van der Waals surface area contributed by atoms with Gasteiger partial charge in [-0.15, -0.1) is 12.4 Å². The monoisotopic (exact) mass is 280 g/mol. The molecule has 0 aliphatic heterocycles. The molecule has 102 valence electrons. The van der Waals surface area contributed by atoms with Gasteiger partial charge in [0, 0.05) is 25.5 Å². The van der Waals surface area contributed by atoms with Crippen molar-refractivity contribution in [3.05, 3.63) is 59.9 Å². The third-order valence-corrected chi connectivity index (χ3v) is 2.64. The van der Waals surface area contributed by atoms with Crippen LogP contribution in [0.4, 0.5) is 0 Å². The molecule has 1 aromatic heterocycles. The van der Waals surface area contributed by atoms with Crippen molar-refractivity contribution in [2.45, 2.75) is 12.6 Å². The zero-order valence-electron chi connectivity index (χ0n) is 10.4. The molecule has 0 radical (unpaired) electrons. The van der Waals surface area contributed by atoms with Crippen LogP contribution in [0.2, 0.25) is 0 Å². The second-order valence-corrected chi connectivity index (χ2v) is 4.10. The van der Waals surface area contributed by atoms with E-state index in [0.29, 0.717) is 18.7 Å². The number of rotatable bonds is 5. The van der Waals surface area contributed by atoms with Crippen molar-refractivity contribution in [3.63, 3.8) is 0 Å². The Bertz CT molecular complexity index is 494. The fourth-order valence-corrected chi connectivity index (χ4v) is 1.71. The number of aliphatic hydroxyl groups is 1. The number of aromatic hydroxyl groups is 1. The van der Waals surface area contributed by atoms with Crippen LogP contribution in [-0.4, -0.2) is 21.7 Å². The van der Waals surface area contributed by atoms with E-state index in [2.05, 4.69) is 10.3 Å². The predicted octanol–water partition coefficient (Wildman–Crippen LogP) is 2.03. The third kappa shape index (κ3) is 4.87. The summed E-state index contributed by atoms with van der Waals surface area (Å²) in [5, 5.41) is 22.4. The van der Waals surface area contributed by atoms with Gasteiger partial charge in [0.05, 0.1) is 6.10 Å². The summed E-state index contributed by atoms with van der Waals surface area (Å²) in [5.41, 5.74) is 1.77. The quantitative estimate of drug-likeness (QED) is 0.784. The van der Waals surface area contributed by atoms with Gasteiger partial charge in [0.25, 0.3) is 0 Å². The number of hydrogen-bond acceptors (Lipinski definition) is 4. The summed E-state index contributed by atoms with van der Waals surface area (Å²) in [7, 11) is 0. The van der Waals surface area contributed by atoms with E-state index in [1.54, 1.807) is 36.7 Å². The number of pyridine rings is 1. The van der Waals surface area contributed by atoms with Gasteiger partial charge in [-0.3, -0.25) is 4.98 Å². The number of halogens is 1. The summed E-state index contributed by atoms with van der Waals surface area (Å²) < 4.78 is 0. The molecule has 3 N–H and O–H groups in total. The molecule has 0 saturated carbocycles. The van der Waals surface area contributed by atoms with Crippen molar-refractivity contribution in [2.75, 3.05) is 6.54 Å². The number of benzene rings is 1. The van der Waals surface area contributed by atoms with Crippen LogP contribution in [-0.2, 0) is 6.54 Å². The number of phenolic OH excluding ortho intramolecular Hbond substituents is 1. The number of hydrogen-bond donors (Lipinski definition) is 3. The minimum absolute atomic E-state index is 0. The molecule has 1 atom stereocenters. The average molecular weight is 281 g/mol. The molecular weight excluding hydrogens is 264 g/mol. The maximum atomic E-state index is 9.93. The van der Waals surface area contributed by atoms with Crippen molar-refractivity contribution in [1.82, 2.24) is 10.3 Å². The Morgan fingerprint density at radius 1 is 1.21 bits per heavy atom. The maximum absolute atomic E-state index is 9.93. The van der Waals surface area contributed by atoms with Gasteiger partial charge < -0.3 is 15.5 Å². The second-order valence-electron chi connectivity index (χ2n) is 4.10. The van der Waals surface area contributed by atoms with E-state index in [1.165, 1.54) is 0 Å². The van der Waals surface area contributed by atoms with Crippen LogP contribution in [0.25, 0.3) is 0 Å². The van der Waals surface area contributed by atoms with Crippen LogP contribution in [0.5, 0.6) is 5.75 Å². The summed E-state index contributed by atoms with van der Waals surface area (Å²) in [6.07, 6.45) is 2.88. The van der Waals surface area contributed by atoms with E-state index >= 15 is 0 Å². The Morgan fingerprint density at radius 3 is 2.74 bits per heavy atom. The molecule has 1 aromatic carbocycles. The van der Waals surface area contributed by atoms with Gasteiger partial charge in [-0.2, -0.15) is 0 Å². The Labute approximate surface area is 118 Å². The van der Waals surface area contributed by atoms with Crippen LogP contribution in [0.15, 0.2) is 48.8 Å². The summed E-state index contributed by atoms with van der Waals surface area (Å²) >= 11 is 0. The van der Waals surface area contributed by atoms with Crippen LogP contribution < -0.4 is 5.32 Å². The molecule has 5 heteroatoms. The fraction of sp³-hybridized carbons (Fsp3) is 0.214. The normalized spacial score (nSPS) is 11.6. The standard InChI is InChI=1S/C14H16N2O2.ClH/c17-13-5-1-4-12(7-13)14(18)10-16-9-11-3-2-6-15-8-11;/h1-8,14,16-18H,9-10H2;1H. The molecule has 0 amide bonds. The highest BCUT2D eigenvalue weighted by Crippen LogP contribution is 2.17. The molecule has 1 unspecified atom stereocenters. The molecule has 2 rings (SSSR count). The number of aliphatic hydroxyl groups excluding tert-OH is 1. The second kappa shape index (κ2) is 7.74. The smallest absolute Gasteiger partial charge is 0.115 e. The lowest BCUT2D eigenvalue weighted by molar-refractivity contribution is 0.174. The lowest BCUT2D eigenvalue weighted by Crippen LogP contribution is -2.21. The minimum atomic E-state index is -0.631. The number of phenols is 1. The lowest BCUT2D eigenvalue weighted by Gasteiger charge is -2.12. The van der Waals surface area contributed by atoms with Gasteiger partial charge in [-0.1, -0.05) is 18.2 Å².